The van der Waals surface area contributed by atoms with Crippen LogP contribution in [0.3, 0.4) is 0 Å². The van der Waals surface area contributed by atoms with Gasteiger partial charge in [0, 0.05) is 31.0 Å². The third kappa shape index (κ3) is 11.8. The topological polar surface area (TPSA) is 143 Å². The third-order valence-electron chi connectivity index (χ3n) is 6.34. The number of carbonyl (C=O) groups excluding carboxylic acids is 5. The van der Waals surface area contributed by atoms with Gasteiger partial charge >= 0.3 is 12.0 Å². The Balaban J connectivity index is 2.99. The van der Waals surface area contributed by atoms with Crippen LogP contribution in [-0.4, -0.2) is 61.4 Å². The molecule has 0 radical (unpaired) electrons. The Hall–Kier alpha value is -2.91. The first kappa shape index (κ1) is 32.1. The number of esters is 1. The molecule has 37 heavy (non-hydrogen) atoms. The van der Waals surface area contributed by atoms with Gasteiger partial charge in [0.15, 0.2) is 5.78 Å². The highest BCUT2D eigenvalue weighted by molar-refractivity contribution is 5.93. The normalized spacial score (nSPS) is 21.7. The summed E-state index contributed by atoms with van der Waals surface area (Å²) in [5.74, 6) is -1.94. The lowest BCUT2D eigenvalue weighted by atomic mass is 9.88. The fraction of sp³-hybridized carbons (Fsp3) is 0.741. The molecule has 1 heterocycles. The highest BCUT2D eigenvalue weighted by Gasteiger charge is 2.32. The minimum atomic E-state index is -0.851. The number of nitrogens with one attached hydrogen (secondary N) is 4. The van der Waals surface area contributed by atoms with E-state index in [2.05, 4.69) is 21.3 Å². The average Bonchev–Trinajstić information content (AvgIpc) is 2.81. The zero-order chi connectivity index (χ0) is 28.1. The van der Waals surface area contributed by atoms with Gasteiger partial charge in [-0.25, -0.2) is 9.59 Å². The van der Waals surface area contributed by atoms with E-state index in [-0.39, 0.29) is 41.9 Å². The van der Waals surface area contributed by atoms with Gasteiger partial charge in [0.25, 0.3) is 0 Å². The van der Waals surface area contributed by atoms with E-state index in [0.29, 0.717) is 38.1 Å². The number of ether oxygens (including phenoxy) is 1. The van der Waals surface area contributed by atoms with Gasteiger partial charge in [-0.3, -0.25) is 14.4 Å². The maximum atomic E-state index is 13.3. The highest BCUT2D eigenvalue weighted by atomic mass is 16.5. The maximum absolute atomic E-state index is 13.3. The lowest BCUT2D eigenvalue weighted by Crippen LogP contribution is -2.54. The number of hydrogen-bond donors (Lipinski definition) is 4. The predicted molar refractivity (Wildman–Crippen MR) is 141 cm³/mol. The number of methoxy groups -OCH3 is 1. The van der Waals surface area contributed by atoms with Crippen molar-refractivity contribution in [2.75, 3.05) is 13.7 Å². The van der Waals surface area contributed by atoms with Gasteiger partial charge in [0.05, 0.1) is 13.2 Å². The molecule has 4 N–H and O–H groups in total. The highest BCUT2D eigenvalue weighted by Crippen LogP contribution is 2.19. The summed E-state index contributed by atoms with van der Waals surface area (Å²) in [7, 11) is 1.25. The molecule has 0 aliphatic carbocycles. The number of ketones is 1. The SMILES string of the molecule is COC(=O)[C@@H](NC(=O)N[C@H](C(=O)C[C@H]1CCCCNC(=O)/C=C/[C@H](CC(C)C)NC1=O)C(C)C)C(C)C. The number of Topliss-reactive ketones (excluding diaryl/α,β-unsaturated/α-hetero) is 1. The molecule has 0 bridgehead atoms. The molecular weight excluding hydrogens is 476 g/mol. The Morgan fingerprint density at radius 2 is 1.62 bits per heavy atom. The van der Waals surface area contributed by atoms with Crippen molar-refractivity contribution in [2.45, 2.75) is 91.8 Å². The number of amides is 4. The van der Waals surface area contributed by atoms with Gasteiger partial charge in [-0.15, -0.1) is 0 Å². The van der Waals surface area contributed by atoms with Crippen LogP contribution in [0.2, 0.25) is 0 Å². The second kappa shape index (κ2) is 16.0. The second-order valence-electron chi connectivity index (χ2n) is 10.8. The molecule has 1 rings (SSSR count). The van der Waals surface area contributed by atoms with Crippen LogP contribution in [0.25, 0.3) is 0 Å². The van der Waals surface area contributed by atoms with Crippen LogP contribution in [0.1, 0.15) is 73.6 Å². The van der Waals surface area contributed by atoms with Crippen molar-refractivity contribution in [1.82, 2.24) is 21.3 Å². The van der Waals surface area contributed by atoms with Crippen LogP contribution in [0.4, 0.5) is 4.79 Å². The fourth-order valence-electron chi connectivity index (χ4n) is 4.25. The lowest BCUT2D eigenvalue weighted by molar-refractivity contribution is -0.144. The average molecular weight is 523 g/mol. The summed E-state index contributed by atoms with van der Waals surface area (Å²) in [5, 5.41) is 11.1. The van der Waals surface area contributed by atoms with Crippen LogP contribution in [0.5, 0.6) is 0 Å². The Kier molecular flexibility index (Phi) is 13.9. The molecule has 1 aliphatic heterocycles. The summed E-state index contributed by atoms with van der Waals surface area (Å²) in [6.07, 6.45) is 5.62. The minimum Gasteiger partial charge on any atom is -0.467 e. The molecule has 0 fully saturated rings. The summed E-state index contributed by atoms with van der Waals surface area (Å²) in [5.41, 5.74) is 0. The minimum absolute atomic E-state index is 0.0238. The Labute approximate surface area is 221 Å². The smallest absolute Gasteiger partial charge is 0.328 e. The molecule has 0 aromatic rings. The van der Waals surface area contributed by atoms with Crippen molar-refractivity contribution >= 4 is 29.6 Å². The summed E-state index contributed by atoms with van der Waals surface area (Å²) in [4.78, 5) is 63.2. The van der Waals surface area contributed by atoms with Gasteiger partial charge in [0.1, 0.15) is 6.04 Å². The van der Waals surface area contributed by atoms with Gasteiger partial charge < -0.3 is 26.0 Å². The first-order valence-electron chi connectivity index (χ1n) is 13.3. The van der Waals surface area contributed by atoms with E-state index >= 15 is 0 Å². The monoisotopic (exact) mass is 522 g/mol. The van der Waals surface area contributed by atoms with E-state index in [9.17, 15) is 24.0 Å². The molecule has 210 valence electrons. The molecule has 0 aromatic heterocycles. The first-order chi connectivity index (χ1) is 17.3. The fourth-order valence-corrected chi connectivity index (χ4v) is 4.25. The van der Waals surface area contributed by atoms with Gasteiger partial charge in [-0.1, -0.05) is 54.0 Å². The van der Waals surface area contributed by atoms with Crippen LogP contribution in [0, 0.1) is 23.7 Å². The van der Waals surface area contributed by atoms with E-state index < -0.39 is 30.0 Å². The largest absolute Gasteiger partial charge is 0.467 e. The molecular formula is C27H46N4O6. The van der Waals surface area contributed by atoms with E-state index in [4.69, 9.17) is 4.74 Å². The summed E-state index contributed by atoms with van der Waals surface area (Å²) in [6, 6.07) is -2.65. The van der Waals surface area contributed by atoms with Crippen molar-refractivity contribution in [2.24, 2.45) is 23.7 Å². The summed E-state index contributed by atoms with van der Waals surface area (Å²) < 4.78 is 4.76. The molecule has 10 nitrogen and oxygen atoms in total. The van der Waals surface area contributed by atoms with E-state index in [0.717, 1.165) is 0 Å². The quantitative estimate of drug-likeness (QED) is 0.325. The standard InChI is InChI=1S/C27H46N4O6/c1-16(2)14-20-11-12-22(33)28-13-9-8-10-19(25(34)29-20)15-21(32)23(17(3)4)30-27(36)31-24(18(5)6)26(35)37-7/h11-12,16-20,23-24H,8-10,13-15H2,1-7H3,(H,28,33)(H,29,34)(H2,30,31,36)/b12-11+/t19-,20-,23+,24+/m1/s1. The van der Waals surface area contributed by atoms with Crippen molar-refractivity contribution in [3.05, 3.63) is 12.2 Å². The molecule has 0 saturated carbocycles. The molecule has 4 atom stereocenters. The summed E-state index contributed by atoms with van der Waals surface area (Å²) in [6.45, 7) is 11.8. The Morgan fingerprint density at radius 1 is 1.00 bits per heavy atom. The van der Waals surface area contributed by atoms with Gasteiger partial charge in [-0.2, -0.15) is 0 Å². The predicted octanol–water partition coefficient (Wildman–Crippen LogP) is 2.47. The van der Waals surface area contributed by atoms with Crippen LogP contribution in [-0.2, 0) is 23.9 Å². The van der Waals surface area contributed by atoms with Crippen molar-refractivity contribution in [1.29, 1.82) is 0 Å². The lowest BCUT2D eigenvalue weighted by Gasteiger charge is -2.27. The Morgan fingerprint density at radius 3 is 2.19 bits per heavy atom. The summed E-state index contributed by atoms with van der Waals surface area (Å²) >= 11 is 0. The van der Waals surface area contributed by atoms with Crippen molar-refractivity contribution in [3.8, 4) is 0 Å². The van der Waals surface area contributed by atoms with Gasteiger partial charge in [-0.05, 0) is 37.0 Å². The Bertz CT molecular complexity index is 824. The second-order valence-corrected chi connectivity index (χ2v) is 10.8. The van der Waals surface area contributed by atoms with Gasteiger partial charge in [0.2, 0.25) is 11.8 Å². The van der Waals surface area contributed by atoms with Crippen molar-refractivity contribution in [3.63, 3.8) is 0 Å². The van der Waals surface area contributed by atoms with E-state index in [1.165, 1.54) is 13.2 Å². The zero-order valence-corrected chi connectivity index (χ0v) is 23.4. The van der Waals surface area contributed by atoms with Crippen molar-refractivity contribution < 1.29 is 28.7 Å². The molecule has 0 unspecified atom stereocenters. The van der Waals surface area contributed by atoms with Crippen LogP contribution < -0.4 is 21.3 Å². The van der Waals surface area contributed by atoms with Crippen LogP contribution >= 0.6 is 0 Å². The third-order valence-corrected chi connectivity index (χ3v) is 6.34. The maximum Gasteiger partial charge on any atom is 0.328 e. The number of carbonyl (C=O) groups is 5. The number of urea groups is 1. The molecule has 4 amide bonds. The first-order valence-corrected chi connectivity index (χ1v) is 13.3. The number of hydrogen-bond acceptors (Lipinski definition) is 6. The van der Waals surface area contributed by atoms with E-state index in [1.54, 1.807) is 19.9 Å². The molecule has 0 saturated heterocycles. The van der Waals surface area contributed by atoms with Crippen LogP contribution in [0.15, 0.2) is 12.2 Å². The van der Waals surface area contributed by atoms with E-state index in [1.807, 2.05) is 27.7 Å². The molecule has 0 spiro atoms. The molecule has 0 aromatic carbocycles. The molecule has 1 aliphatic rings. The zero-order valence-electron chi connectivity index (χ0n) is 23.4. The molecule has 10 heteroatoms. The number of rotatable bonds is 10.